The average molecular weight is 310 g/mol. The van der Waals surface area contributed by atoms with E-state index in [1.807, 2.05) is 19.1 Å². The molecule has 0 aliphatic heterocycles. The molecule has 1 aromatic heterocycles. The number of fused-ring (bicyclic) bond motifs is 1. The number of rotatable bonds is 2. The van der Waals surface area contributed by atoms with Crippen molar-refractivity contribution in [2.75, 3.05) is 5.32 Å². The summed E-state index contributed by atoms with van der Waals surface area (Å²) in [6.07, 6.45) is 0. The lowest BCUT2D eigenvalue weighted by molar-refractivity contribution is -0.114. The minimum Gasteiger partial charge on any atom is -0.508 e. The molecule has 2 aromatic carbocycles. The Kier molecular flexibility index (Phi) is 3.70. The molecule has 23 heavy (non-hydrogen) atoms. The van der Waals surface area contributed by atoms with E-state index in [-0.39, 0.29) is 17.3 Å². The molecule has 116 valence electrons. The van der Waals surface area contributed by atoms with Crippen molar-refractivity contribution in [3.8, 4) is 17.0 Å². The van der Waals surface area contributed by atoms with Gasteiger partial charge in [-0.1, -0.05) is 12.1 Å². The third-order valence-corrected chi connectivity index (χ3v) is 3.56. The van der Waals surface area contributed by atoms with Gasteiger partial charge in [0.2, 0.25) is 5.91 Å². The van der Waals surface area contributed by atoms with Gasteiger partial charge >= 0.3 is 0 Å². The molecular weight excluding hydrogens is 295 g/mol. The van der Waals surface area contributed by atoms with Crippen LogP contribution in [-0.4, -0.2) is 16.0 Å². The van der Waals surface area contributed by atoms with E-state index in [4.69, 9.17) is 0 Å². The average Bonchev–Trinajstić information content (AvgIpc) is 2.48. The third-order valence-electron chi connectivity index (χ3n) is 3.56. The number of anilines is 1. The highest BCUT2D eigenvalue weighted by Gasteiger charge is 2.11. The highest BCUT2D eigenvalue weighted by molar-refractivity contribution is 5.93. The number of aromatic hydroxyl groups is 1. The third kappa shape index (κ3) is 2.99. The van der Waals surface area contributed by atoms with E-state index in [2.05, 4.69) is 10.3 Å². The Hall–Kier alpha value is -2.95. The first kappa shape index (κ1) is 15.0. The molecule has 1 heterocycles. The van der Waals surface area contributed by atoms with Gasteiger partial charge in [-0.25, -0.2) is 9.37 Å². The summed E-state index contributed by atoms with van der Waals surface area (Å²) in [6, 6.07) is 11.5. The molecule has 0 aliphatic rings. The van der Waals surface area contributed by atoms with Crippen molar-refractivity contribution >= 4 is 22.5 Å². The molecule has 2 N–H and O–H groups in total. The zero-order valence-corrected chi connectivity index (χ0v) is 12.7. The lowest BCUT2D eigenvalue weighted by Crippen LogP contribution is -2.07. The summed E-state index contributed by atoms with van der Waals surface area (Å²) in [5.41, 5.74) is 2.98. The molecule has 0 aliphatic carbocycles. The van der Waals surface area contributed by atoms with Crippen LogP contribution in [0, 0.1) is 12.7 Å². The van der Waals surface area contributed by atoms with Crippen LogP contribution in [0.5, 0.6) is 5.75 Å². The Morgan fingerprint density at radius 2 is 2.00 bits per heavy atom. The number of hydrogen-bond acceptors (Lipinski definition) is 3. The van der Waals surface area contributed by atoms with Gasteiger partial charge in [-0.2, -0.15) is 0 Å². The molecule has 0 saturated heterocycles. The molecule has 3 aromatic rings. The quantitative estimate of drug-likeness (QED) is 0.751. The largest absolute Gasteiger partial charge is 0.508 e. The van der Waals surface area contributed by atoms with Gasteiger partial charge in [-0.3, -0.25) is 4.79 Å². The number of benzene rings is 2. The molecule has 1 amide bonds. The molecule has 0 saturated carbocycles. The van der Waals surface area contributed by atoms with Crippen LogP contribution in [0.25, 0.3) is 22.2 Å². The van der Waals surface area contributed by atoms with Gasteiger partial charge < -0.3 is 10.4 Å². The summed E-state index contributed by atoms with van der Waals surface area (Å²) in [4.78, 5) is 15.7. The molecule has 4 nitrogen and oxygen atoms in total. The number of nitrogens with one attached hydrogen (secondary N) is 1. The standard InChI is InChI=1S/C18H15FN2O2/c1-10-6-16(12-4-3-5-13(23)7-12)21-17-9-18(20-11(2)22)15(19)8-14(10)17/h3-9,23H,1-2H3,(H,20,22). The smallest absolute Gasteiger partial charge is 0.221 e. The number of nitrogens with zero attached hydrogens (tertiary/aromatic N) is 1. The monoisotopic (exact) mass is 310 g/mol. The number of phenolic OH excluding ortho intramolecular Hbond substituents is 1. The Morgan fingerprint density at radius 1 is 1.22 bits per heavy atom. The Bertz CT molecular complexity index is 922. The summed E-state index contributed by atoms with van der Waals surface area (Å²) in [7, 11) is 0. The molecule has 0 atom stereocenters. The Morgan fingerprint density at radius 3 is 2.70 bits per heavy atom. The van der Waals surface area contributed by atoms with E-state index in [0.717, 1.165) is 11.1 Å². The predicted octanol–water partition coefficient (Wildman–Crippen LogP) is 4.01. The van der Waals surface area contributed by atoms with Crippen molar-refractivity contribution in [1.29, 1.82) is 0 Å². The van der Waals surface area contributed by atoms with E-state index in [9.17, 15) is 14.3 Å². The molecule has 5 heteroatoms. The van der Waals surface area contributed by atoms with Crippen molar-refractivity contribution in [3.63, 3.8) is 0 Å². The summed E-state index contributed by atoms with van der Waals surface area (Å²) < 4.78 is 14.1. The molecule has 0 spiro atoms. The number of carbonyl (C=O) groups excluding carboxylic acids is 1. The fourth-order valence-electron chi connectivity index (χ4n) is 2.51. The van der Waals surface area contributed by atoms with Crippen LogP contribution in [0.3, 0.4) is 0 Å². The van der Waals surface area contributed by atoms with Gasteiger partial charge in [-0.05, 0) is 42.8 Å². The number of phenols is 1. The SMILES string of the molecule is CC(=O)Nc1cc2nc(-c3cccc(O)c3)cc(C)c2cc1F. The van der Waals surface area contributed by atoms with Crippen LogP contribution in [0.4, 0.5) is 10.1 Å². The fourth-order valence-corrected chi connectivity index (χ4v) is 2.51. The van der Waals surface area contributed by atoms with Crippen molar-refractivity contribution < 1.29 is 14.3 Å². The topological polar surface area (TPSA) is 62.2 Å². The van der Waals surface area contributed by atoms with Crippen LogP contribution in [0.2, 0.25) is 0 Å². The zero-order chi connectivity index (χ0) is 16.6. The summed E-state index contributed by atoms with van der Waals surface area (Å²) in [5, 5.41) is 12.8. The Labute approximate surface area is 132 Å². The van der Waals surface area contributed by atoms with Crippen molar-refractivity contribution in [2.24, 2.45) is 0 Å². The zero-order valence-electron chi connectivity index (χ0n) is 12.7. The van der Waals surface area contributed by atoms with Crippen molar-refractivity contribution in [1.82, 2.24) is 4.98 Å². The van der Waals surface area contributed by atoms with Crippen LogP contribution in [-0.2, 0) is 4.79 Å². The van der Waals surface area contributed by atoms with Gasteiger partial charge in [0.05, 0.1) is 16.9 Å². The molecular formula is C18H15FN2O2. The van der Waals surface area contributed by atoms with E-state index in [1.54, 1.807) is 18.2 Å². The maximum absolute atomic E-state index is 14.1. The van der Waals surface area contributed by atoms with Crippen LogP contribution in [0.15, 0.2) is 42.5 Å². The normalized spacial score (nSPS) is 10.7. The molecule has 0 fully saturated rings. The second-order valence-corrected chi connectivity index (χ2v) is 5.41. The minimum atomic E-state index is -0.497. The summed E-state index contributed by atoms with van der Waals surface area (Å²) in [6.45, 7) is 3.19. The Balaban J connectivity index is 2.19. The second kappa shape index (κ2) is 5.68. The first-order valence-corrected chi connectivity index (χ1v) is 7.12. The second-order valence-electron chi connectivity index (χ2n) is 5.41. The van der Waals surface area contributed by atoms with Gasteiger partial charge in [0.25, 0.3) is 0 Å². The maximum Gasteiger partial charge on any atom is 0.221 e. The molecule has 3 rings (SSSR count). The first-order valence-electron chi connectivity index (χ1n) is 7.12. The number of pyridine rings is 1. The maximum atomic E-state index is 14.1. The van der Waals surface area contributed by atoms with Gasteiger partial charge in [0, 0.05) is 17.9 Å². The van der Waals surface area contributed by atoms with Crippen LogP contribution >= 0.6 is 0 Å². The number of amides is 1. The first-order chi connectivity index (χ1) is 10.9. The molecule has 0 unspecified atom stereocenters. The van der Waals surface area contributed by atoms with Crippen LogP contribution in [0.1, 0.15) is 12.5 Å². The van der Waals surface area contributed by atoms with E-state index >= 15 is 0 Å². The van der Waals surface area contributed by atoms with Gasteiger partial charge in [0.1, 0.15) is 11.6 Å². The number of hydrogen-bond donors (Lipinski definition) is 2. The number of carbonyl (C=O) groups is 1. The lowest BCUT2D eigenvalue weighted by Gasteiger charge is -2.10. The highest BCUT2D eigenvalue weighted by Crippen LogP contribution is 2.29. The summed E-state index contributed by atoms with van der Waals surface area (Å²) in [5.74, 6) is -0.688. The number of aromatic nitrogens is 1. The minimum absolute atomic E-state index is 0.102. The van der Waals surface area contributed by atoms with Crippen LogP contribution < -0.4 is 5.32 Å². The van der Waals surface area contributed by atoms with Crippen molar-refractivity contribution in [3.05, 3.63) is 53.8 Å². The van der Waals surface area contributed by atoms with Gasteiger partial charge in [0.15, 0.2) is 0 Å². The van der Waals surface area contributed by atoms with Crippen molar-refractivity contribution in [2.45, 2.75) is 13.8 Å². The van der Waals surface area contributed by atoms with E-state index < -0.39 is 5.82 Å². The summed E-state index contributed by atoms with van der Waals surface area (Å²) >= 11 is 0. The predicted molar refractivity (Wildman–Crippen MR) is 87.8 cm³/mol. The molecule has 0 radical (unpaired) electrons. The van der Waals surface area contributed by atoms with E-state index in [1.165, 1.54) is 19.1 Å². The lowest BCUT2D eigenvalue weighted by atomic mass is 10.0. The van der Waals surface area contributed by atoms with Gasteiger partial charge in [-0.15, -0.1) is 0 Å². The number of aryl methyl sites for hydroxylation is 1. The highest BCUT2D eigenvalue weighted by atomic mass is 19.1. The fraction of sp³-hybridized carbons (Fsp3) is 0.111. The van der Waals surface area contributed by atoms with E-state index in [0.29, 0.717) is 16.6 Å². The molecule has 0 bridgehead atoms. The number of halogens is 1.